The summed E-state index contributed by atoms with van der Waals surface area (Å²) in [5.41, 5.74) is 2.25. The molecule has 2 rings (SSSR count). The van der Waals surface area contributed by atoms with Crippen molar-refractivity contribution in [2.45, 2.75) is 19.8 Å². The molecule has 0 unspecified atom stereocenters. The topological polar surface area (TPSA) is 58.6 Å². The Kier molecular flexibility index (Phi) is 5.83. The average Bonchev–Trinajstić information content (AvgIpc) is 2.51. The quantitative estimate of drug-likeness (QED) is 0.773. The van der Waals surface area contributed by atoms with Crippen LogP contribution in [0.2, 0.25) is 0 Å². The van der Waals surface area contributed by atoms with Gasteiger partial charge in [-0.15, -0.1) is 0 Å². The number of carbonyl (C=O) groups excluding carboxylic acids is 1. The smallest absolute Gasteiger partial charge is 0.257 e. The Bertz CT molecular complexity index is 608. The number of nitrogens with one attached hydrogen (secondary N) is 1. The van der Waals surface area contributed by atoms with E-state index in [9.17, 15) is 9.90 Å². The lowest BCUT2D eigenvalue weighted by Gasteiger charge is -2.08. The van der Waals surface area contributed by atoms with E-state index in [-0.39, 0.29) is 18.3 Å². The Morgan fingerprint density at radius 3 is 2.68 bits per heavy atom. The lowest BCUT2D eigenvalue weighted by molar-refractivity contribution is -0.123. The van der Waals surface area contributed by atoms with Gasteiger partial charge in [-0.2, -0.15) is 0 Å². The molecule has 0 aliphatic carbocycles. The zero-order valence-electron chi connectivity index (χ0n) is 12.7. The van der Waals surface area contributed by atoms with Crippen LogP contribution in [0.3, 0.4) is 0 Å². The van der Waals surface area contributed by atoms with Crippen molar-refractivity contribution >= 4 is 5.91 Å². The van der Waals surface area contributed by atoms with Crippen molar-refractivity contribution in [1.82, 2.24) is 5.32 Å². The number of phenols is 1. The normalized spacial score (nSPS) is 10.2. The highest BCUT2D eigenvalue weighted by Crippen LogP contribution is 2.12. The molecule has 0 radical (unpaired) electrons. The van der Waals surface area contributed by atoms with Gasteiger partial charge in [0.2, 0.25) is 0 Å². The third kappa shape index (κ3) is 5.48. The van der Waals surface area contributed by atoms with E-state index in [1.165, 1.54) is 0 Å². The Balaban J connectivity index is 1.62. The standard InChI is InChI=1S/C18H21NO3/c1-14-4-2-6-17(12-14)22-13-18(21)19-11-3-5-15-7-9-16(20)10-8-15/h2,4,6-10,12,20H,3,5,11,13H2,1H3,(H,19,21). The molecule has 0 heterocycles. The highest BCUT2D eigenvalue weighted by molar-refractivity contribution is 5.77. The summed E-state index contributed by atoms with van der Waals surface area (Å²) >= 11 is 0. The number of carbonyl (C=O) groups is 1. The monoisotopic (exact) mass is 299 g/mol. The molecule has 0 saturated heterocycles. The summed E-state index contributed by atoms with van der Waals surface area (Å²) in [6, 6.07) is 14.7. The van der Waals surface area contributed by atoms with Crippen LogP contribution in [-0.4, -0.2) is 24.2 Å². The van der Waals surface area contributed by atoms with Gasteiger partial charge in [-0.1, -0.05) is 24.3 Å². The number of hydrogen-bond donors (Lipinski definition) is 2. The molecule has 0 atom stereocenters. The summed E-state index contributed by atoms with van der Waals surface area (Å²) in [6.45, 7) is 2.62. The zero-order valence-corrected chi connectivity index (χ0v) is 12.7. The van der Waals surface area contributed by atoms with Crippen LogP contribution < -0.4 is 10.1 Å². The van der Waals surface area contributed by atoms with Crippen molar-refractivity contribution in [2.24, 2.45) is 0 Å². The van der Waals surface area contributed by atoms with Crippen LogP contribution in [0, 0.1) is 6.92 Å². The highest BCUT2D eigenvalue weighted by atomic mass is 16.5. The first kappa shape index (κ1) is 15.9. The average molecular weight is 299 g/mol. The largest absolute Gasteiger partial charge is 0.508 e. The van der Waals surface area contributed by atoms with Crippen LogP contribution in [0.15, 0.2) is 48.5 Å². The van der Waals surface area contributed by atoms with Crippen molar-refractivity contribution < 1.29 is 14.6 Å². The van der Waals surface area contributed by atoms with Crippen LogP contribution in [0.25, 0.3) is 0 Å². The van der Waals surface area contributed by atoms with Gasteiger partial charge < -0.3 is 15.2 Å². The summed E-state index contributed by atoms with van der Waals surface area (Å²) in [5, 5.41) is 12.0. The second kappa shape index (κ2) is 8.08. The van der Waals surface area contributed by atoms with Crippen molar-refractivity contribution in [3.63, 3.8) is 0 Å². The molecule has 116 valence electrons. The minimum Gasteiger partial charge on any atom is -0.508 e. The molecule has 0 aliphatic rings. The predicted octanol–water partition coefficient (Wildman–Crippen LogP) is 2.83. The molecule has 0 aliphatic heterocycles. The van der Waals surface area contributed by atoms with Gasteiger partial charge in [0.05, 0.1) is 0 Å². The van der Waals surface area contributed by atoms with E-state index in [1.54, 1.807) is 12.1 Å². The van der Waals surface area contributed by atoms with Crippen LogP contribution in [0.4, 0.5) is 0 Å². The fourth-order valence-electron chi connectivity index (χ4n) is 2.09. The fourth-order valence-corrected chi connectivity index (χ4v) is 2.09. The number of benzene rings is 2. The molecular weight excluding hydrogens is 278 g/mol. The summed E-state index contributed by atoms with van der Waals surface area (Å²) in [7, 11) is 0. The summed E-state index contributed by atoms with van der Waals surface area (Å²) in [4.78, 5) is 11.7. The minimum atomic E-state index is -0.118. The maximum absolute atomic E-state index is 11.7. The van der Waals surface area contributed by atoms with Gasteiger partial charge in [-0.05, 0) is 55.2 Å². The SMILES string of the molecule is Cc1cccc(OCC(=O)NCCCc2ccc(O)cc2)c1. The molecule has 2 N–H and O–H groups in total. The lowest BCUT2D eigenvalue weighted by Crippen LogP contribution is -2.29. The maximum Gasteiger partial charge on any atom is 0.257 e. The van der Waals surface area contributed by atoms with E-state index in [1.807, 2.05) is 43.3 Å². The molecule has 0 aromatic heterocycles. The molecular formula is C18H21NO3. The Morgan fingerprint density at radius 1 is 1.18 bits per heavy atom. The molecule has 0 spiro atoms. The van der Waals surface area contributed by atoms with Crippen LogP contribution >= 0.6 is 0 Å². The molecule has 0 bridgehead atoms. The summed E-state index contributed by atoms with van der Waals surface area (Å²) < 4.78 is 5.44. The first-order chi connectivity index (χ1) is 10.6. The Labute approximate surface area is 130 Å². The third-order valence-corrected chi connectivity index (χ3v) is 3.26. The number of amides is 1. The van der Waals surface area contributed by atoms with Crippen molar-refractivity contribution in [2.75, 3.05) is 13.2 Å². The number of aromatic hydroxyl groups is 1. The third-order valence-electron chi connectivity index (χ3n) is 3.26. The van der Waals surface area contributed by atoms with Crippen molar-refractivity contribution in [3.05, 3.63) is 59.7 Å². The highest BCUT2D eigenvalue weighted by Gasteiger charge is 2.02. The zero-order chi connectivity index (χ0) is 15.8. The molecule has 2 aromatic carbocycles. The van der Waals surface area contributed by atoms with E-state index in [2.05, 4.69) is 5.32 Å². The summed E-state index contributed by atoms with van der Waals surface area (Å²) in [6.07, 6.45) is 1.71. The molecule has 0 saturated carbocycles. The molecule has 4 heteroatoms. The summed E-state index contributed by atoms with van der Waals surface area (Å²) in [5.74, 6) is 0.858. The van der Waals surface area contributed by atoms with Gasteiger partial charge >= 0.3 is 0 Å². The predicted molar refractivity (Wildman–Crippen MR) is 86.1 cm³/mol. The van der Waals surface area contributed by atoms with E-state index in [0.717, 1.165) is 24.0 Å². The molecule has 1 amide bonds. The van der Waals surface area contributed by atoms with Crippen molar-refractivity contribution in [1.29, 1.82) is 0 Å². The number of ether oxygens (including phenoxy) is 1. The Morgan fingerprint density at radius 2 is 1.95 bits per heavy atom. The van der Waals surface area contributed by atoms with Crippen LogP contribution in [0.5, 0.6) is 11.5 Å². The molecule has 22 heavy (non-hydrogen) atoms. The second-order valence-electron chi connectivity index (χ2n) is 5.23. The van der Waals surface area contributed by atoms with Gasteiger partial charge in [0.1, 0.15) is 11.5 Å². The van der Waals surface area contributed by atoms with Crippen molar-refractivity contribution in [3.8, 4) is 11.5 Å². The van der Waals surface area contributed by atoms with E-state index < -0.39 is 0 Å². The van der Waals surface area contributed by atoms with Gasteiger partial charge in [0.25, 0.3) is 5.91 Å². The van der Waals surface area contributed by atoms with Crippen LogP contribution in [-0.2, 0) is 11.2 Å². The molecule has 0 fully saturated rings. The van der Waals surface area contributed by atoms with Gasteiger partial charge in [0, 0.05) is 6.54 Å². The van der Waals surface area contributed by atoms with E-state index in [0.29, 0.717) is 12.3 Å². The van der Waals surface area contributed by atoms with Crippen LogP contribution in [0.1, 0.15) is 17.5 Å². The maximum atomic E-state index is 11.7. The minimum absolute atomic E-state index is 0.0304. The number of rotatable bonds is 7. The van der Waals surface area contributed by atoms with Gasteiger partial charge in [-0.25, -0.2) is 0 Å². The first-order valence-electron chi connectivity index (χ1n) is 7.37. The second-order valence-corrected chi connectivity index (χ2v) is 5.23. The Hall–Kier alpha value is -2.49. The molecule has 4 nitrogen and oxygen atoms in total. The number of aryl methyl sites for hydroxylation is 2. The number of hydrogen-bond acceptors (Lipinski definition) is 3. The lowest BCUT2D eigenvalue weighted by atomic mass is 10.1. The molecule has 2 aromatic rings. The first-order valence-corrected chi connectivity index (χ1v) is 7.37. The van der Waals surface area contributed by atoms with E-state index in [4.69, 9.17) is 4.74 Å². The number of phenolic OH excluding ortho intramolecular Hbond substituents is 1. The van der Waals surface area contributed by atoms with Gasteiger partial charge in [-0.3, -0.25) is 4.79 Å². The van der Waals surface area contributed by atoms with E-state index >= 15 is 0 Å². The van der Waals surface area contributed by atoms with Gasteiger partial charge in [0.15, 0.2) is 6.61 Å². The fraction of sp³-hybridized carbons (Fsp3) is 0.278.